The van der Waals surface area contributed by atoms with Crippen molar-refractivity contribution in [2.75, 3.05) is 31.1 Å². The Morgan fingerprint density at radius 2 is 1.54 bits per heavy atom. The van der Waals surface area contributed by atoms with Crippen molar-refractivity contribution >= 4 is 27.4 Å². The van der Waals surface area contributed by atoms with Crippen LogP contribution in [0.15, 0.2) is 82.0 Å². The SMILES string of the molecule is O=c1cc(CN2CCN(c3ccccc3)CC2)c2ccc3ccccc3c2o1. The number of anilines is 1. The number of benzene rings is 3. The Balaban J connectivity index is 1.41. The zero-order valence-corrected chi connectivity index (χ0v) is 15.7. The topological polar surface area (TPSA) is 36.7 Å². The summed E-state index contributed by atoms with van der Waals surface area (Å²) in [6.45, 7) is 4.70. The van der Waals surface area contributed by atoms with Crippen molar-refractivity contribution in [3.8, 4) is 0 Å². The third kappa shape index (κ3) is 3.16. The van der Waals surface area contributed by atoms with Crippen LogP contribution in [0.5, 0.6) is 0 Å². The molecule has 0 N–H and O–H groups in total. The molecule has 0 amide bonds. The molecule has 4 nitrogen and oxygen atoms in total. The monoisotopic (exact) mass is 370 g/mol. The number of para-hydroxylation sites is 1. The first-order chi connectivity index (χ1) is 13.8. The first-order valence-electron chi connectivity index (χ1n) is 9.75. The highest BCUT2D eigenvalue weighted by Gasteiger charge is 2.19. The fourth-order valence-electron chi connectivity index (χ4n) is 4.13. The molecule has 28 heavy (non-hydrogen) atoms. The van der Waals surface area contributed by atoms with Gasteiger partial charge in [-0.15, -0.1) is 0 Å². The highest BCUT2D eigenvalue weighted by atomic mass is 16.4. The van der Waals surface area contributed by atoms with E-state index in [-0.39, 0.29) is 5.63 Å². The smallest absolute Gasteiger partial charge is 0.336 e. The Hall–Kier alpha value is -3.11. The van der Waals surface area contributed by atoms with Crippen LogP contribution >= 0.6 is 0 Å². The third-order valence-electron chi connectivity index (χ3n) is 5.61. The molecule has 1 saturated heterocycles. The van der Waals surface area contributed by atoms with Gasteiger partial charge < -0.3 is 9.32 Å². The minimum atomic E-state index is -0.276. The van der Waals surface area contributed by atoms with Crippen LogP contribution in [0.1, 0.15) is 5.56 Å². The predicted octanol–water partition coefficient (Wildman–Crippen LogP) is 4.27. The molecule has 0 spiro atoms. The number of rotatable bonds is 3. The number of hydrogen-bond acceptors (Lipinski definition) is 4. The number of piperazine rings is 1. The van der Waals surface area contributed by atoms with Gasteiger partial charge in [-0.3, -0.25) is 4.90 Å². The maximum atomic E-state index is 12.2. The van der Waals surface area contributed by atoms with Crippen LogP contribution in [0.2, 0.25) is 0 Å². The van der Waals surface area contributed by atoms with E-state index in [2.05, 4.69) is 52.3 Å². The number of nitrogens with zero attached hydrogens (tertiary/aromatic N) is 2. The van der Waals surface area contributed by atoms with E-state index in [1.54, 1.807) is 6.07 Å². The van der Waals surface area contributed by atoms with Crippen LogP contribution in [0.3, 0.4) is 0 Å². The lowest BCUT2D eigenvalue weighted by atomic mass is 10.0. The maximum absolute atomic E-state index is 12.2. The molecule has 1 fully saturated rings. The van der Waals surface area contributed by atoms with E-state index in [1.165, 1.54) is 5.69 Å². The van der Waals surface area contributed by atoms with Crippen LogP contribution < -0.4 is 10.5 Å². The minimum absolute atomic E-state index is 0.276. The quantitative estimate of drug-likeness (QED) is 0.399. The molecule has 2 heterocycles. The summed E-state index contributed by atoms with van der Waals surface area (Å²) in [6, 6.07) is 24.4. The Morgan fingerprint density at radius 3 is 2.36 bits per heavy atom. The summed E-state index contributed by atoms with van der Waals surface area (Å²) in [5.74, 6) is 0. The normalized spacial score (nSPS) is 15.4. The lowest BCUT2D eigenvalue weighted by Gasteiger charge is -2.36. The molecule has 0 saturated carbocycles. The second kappa shape index (κ2) is 7.13. The summed E-state index contributed by atoms with van der Waals surface area (Å²) in [5.41, 5.74) is 2.75. The number of fused-ring (bicyclic) bond motifs is 3. The van der Waals surface area contributed by atoms with Gasteiger partial charge in [0.25, 0.3) is 0 Å². The van der Waals surface area contributed by atoms with Crippen molar-refractivity contribution in [1.82, 2.24) is 4.90 Å². The molecule has 0 bridgehead atoms. The lowest BCUT2D eigenvalue weighted by molar-refractivity contribution is 0.250. The van der Waals surface area contributed by atoms with E-state index in [9.17, 15) is 4.79 Å². The third-order valence-corrected chi connectivity index (χ3v) is 5.61. The van der Waals surface area contributed by atoms with Crippen LogP contribution in [0, 0.1) is 0 Å². The summed E-state index contributed by atoms with van der Waals surface area (Å²) in [6.07, 6.45) is 0. The highest BCUT2D eigenvalue weighted by Crippen LogP contribution is 2.27. The first kappa shape index (κ1) is 17.0. The van der Waals surface area contributed by atoms with E-state index in [0.717, 1.165) is 54.4 Å². The van der Waals surface area contributed by atoms with Gasteiger partial charge in [0.05, 0.1) is 0 Å². The van der Waals surface area contributed by atoms with Crippen LogP contribution in [-0.4, -0.2) is 31.1 Å². The maximum Gasteiger partial charge on any atom is 0.336 e. The Labute approximate surface area is 163 Å². The minimum Gasteiger partial charge on any atom is -0.422 e. The predicted molar refractivity (Wildman–Crippen MR) is 114 cm³/mol. The molecule has 4 aromatic rings. The molecule has 0 unspecified atom stereocenters. The fraction of sp³-hybridized carbons (Fsp3) is 0.208. The highest BCUT2D eigenvalue weighted by molar-refractivity contribution is 6.04. The van der Waals surface area contributed by atoms with Gasteiger partial charge in [-0.2, -0.15) is 0 Å². The average Bonchev–Trinajstić information content (AvgIpc) is 2.75. The van der Waals surface area contributed by atoms with Gasteiger partial charge in [0, 0.05) is 55.2 Å². The van der Waals surface area contributed by atoms with Crippen molar-refractivity contribution < 1.29 is 4.42 Å². The largest absolute Gasteiger partial charge is 0.422 e. The van der Waals surface area contributed by atoms with Gasteiger partial charge in [0.1, 0.15) is 5.58 Å². The standard InChI is InChI=1S/C24H22N2O2/c27-23-16-19(22-11-10-18-6-4-5-9-21(18)24(22)28-23)17-25-12-14-26(15-13-25)20-7-2-1-3-8-20/h1-11,16H,12-15,17H2. The van der Waals surface area contributed by atoms with Crippen molar-refractivity contribution in [3.63, 3.8) is 0 Å². The van der Waals surface area contributed by atoms with E-state index in [1.807, 2.05) is 24.3 Å². The lowest BCUT2D eigenvalue weighted by Crippen LogP contribution is -2.46. The molecule has 1 aliphatic heterocycles. The van der Waals surface area contributed by atoms with Crippen molar-refractivity contribution in [2.24, 2.45) is 0 Å². The fourth-order valence-corrected chi connectivity index (χ4v) is 4.13. The number of hydrogen-bond donors (Lipinski definition) is 0. The molecule has 5 rings (SSSR count). The zero-order valence-electron chi connectivity index (χ0n) is 15.7. The molecule has 1 aliphatic rings. The van der Waals surface area contributed by atoms with E-state index in [0.29, 0.717) is 5.58 Å². The zero-order chi connectivity index (χ0) is 18.9. The molecule has 0 aliphatic carbocycles. The van der Waals surface area contributed by atoms with Crippen molar-refractivity contribution in [1.29, 1.82) is 0 Å². The molecular formula is C24H22N2O2. The van der Waals surface area contributed by atoms with Crippen LogP contribution in [-0.2, 0) is 6.54 Å². The Morgan fingerprint density at radius 1 is 0.786 bits per heavy atom. The van der Waals surface area contributed by atoms with Crippen LogP contribution in [0.25, 0.3) is 21.7 Å². The Bertz CT molecular complexity index is 1180. The van der Waals surface area contributed by atoms with Crippen molar-refractivity contribution in [2.45, 2.75) is 6.54 Å². The molecule has 0 atom stereocenters. The summed E-state index contributed by atoms with van der Waals surface area (Å²) in [7, 11) is 0. The summed E-state index contributed by atoms with van der Waals surface area (Å²) < 4.78 is 5.60. The molecule has 140 valence electrons. The molecule has 4 heteroatoms. The first-order valence-corrected chi connectivity index (χ1v) is 9.75. The van der Waals surface area contributed by atoms with Gasteiger partial charge in [-0.1, -0.05) is 54.6 Å². The average molecular weight is 370 g/mol. The second-order valence-electron chi connectivity index (χ2n) is 7.35. The molecule has 3 aromatic carbocycles. The second-order valence-corrected chi connectivity index (χ2v) is 7.35. The van der Waals surface area contributed by atoms with E-state index in [4.69, 9.17) is 4.42 Å². The van der Waals surface area contributed by atoms with Gasteiger partial charge in [0.15, 0.2) is 0 Å². The summed E-state index contributed by atoms with van der Waals surface area (Å²) in [5, 5.41) is 3.11. The molecule has 0 radical (unpaired) electrons. The summed E-state index contributed by atoms with van der Waals surface area (Å²) >= 11 is 0. The van der Waals surface area contributed by atoms with E-state index >= 15 is 0 Å². The van der Waals surface area contributed by atoms with Crippen molar-refractivity contribution in [3.05, 3.63) is 88.8 Å². The van der Waals surface area contributed by atoms with Gasteiger partial charge in [0.2, 0.25) is 0 Å². The van der Waals surface area contributed by atoms with Crippen LogP contribution in [0.4, 0.5) is 5.69 Å². The molecule has 1 aromatic heterocycles. The van der Waals surface area contributed by atoms with E-state index < -0.39 is 0 Å². The Kier molecular flexibility index (Phi) is 4.34. The molecular weight excluding hydrogens is 348 g/mol. The van der Waals surface area contributed by atoms with Gasteiger partial charge in [-0.25, -0.2) is 4.79 Å². The summed E-state index contributed by atoms with van der Waals surface area (Å²) in [4.78, 5) is 17.1. The van der Waals surface area contributed by atoms with Gasteiger partial charge in [-0.05, 0) is 23.1 Å². The van der Waals surface area contributed by atoms with Gasteiger partial charge >= 0.3 is 5.63 Å².